The Morgan fingerprint density at radius 3 is 1.07 bits per heavy atom. The fraction of sp³-hybridized carbons (Fsp3) is 0.853. The first-order valence-corrected chi connectivity index (χ1v) is 32.9. The molecule has 2 unspecified atom stereocenters. The van der Waals surface area contributed by atoms with Gasteiger partial charge in [0.25, 0.3) is 0 Å². The van der Waals surface area contributed by atoms with Gasteiger partial charge in [-0.25, -0.2) is 0 Å². The van der Waals surface area contributed by atoms with Crippen LogP contribution in [-0.4, -0.2) is 47.4 Å². The van der Waals surface area contributed by atoms with Crippen molar-refractivity contribution in [3.63, 3.8) is 0 Å². The highest BCUT2D eigenvalue weighted by Crippen LogP contribution is 2.17. The molecular weight excluding hydrogens is 911 g/mol. The molecule has 6 heteroatoms. The van der Waals surface area contributed by atoms with Gasteiger partial charge in [0.05, 0.1) is 25.4 Å². The Balaban J connectivity index is 3.34. The quantitative estimate of drug-likeness (QED) is 0.0320. The summed E-state index contributed by atoms with van der Waals surface area (Å²) < 4.78 is 5.48. The SMILES string of the molecule is CCCCC/C=C\C/C=C\CCCCCCCC(=O)OCCCCCCCCCCCCCC/C=C\CCCCCCCCCCCCCCCCCCCC(=O)NC(CO)C(O)/C=C/CCCCCCCCC. The van der Waals surface area contributed by atoms with Crippen molar-refractivity contribution in [1.82, 2.24) is 5.32 Å². The highest BCUT2D eigenvalue weighted by Gasteiger charge is 2.18. The van der Waals surface area contributed by atoms with Crippen molar-refractivity contribution >= 4 is 11.9 Å². The molecule has 434 valence electrons. The number of esters is 1. The molecule has 0 aromatic rings. The van der Waals surface area contributed by atoms with Crippen molar-refractivity contribution in [2.75, 3.05) is 13.2 Å². The van der Waals surface area contributed by atoms with Crippen LogP contribution in [0.1, 0.15) is 348 Å². The van der Waals surface area contributed by atoms with Gasteiger partial charge in [-0.15, -0.1) is 0 Å². The Labute approximate surface area is 461 Å². The minimum atomic E-state index is -0.840. The highest BCUT2D eigenvalue weighted by molar-refractivity contribution is 5.76. The van der Waals surface area contributed by atoms with Crippen LogP contribution >= 0.6 is 0 Å². The second-order valence-corrected chi connectivity index (χ2v) is 22.4. The maximum absolute atomic E-state index is 12.4. The molecule has 0 bridgehead atoms. The monoisotopic (exact) mass is 1040 g/mol. The minimum absolute atomic E-state index is 0.00408. The van der Waals surface area contributed by atoms with Crippen LogP contribution in [0.2, 0.25) is 0 Å². The molecule has 0 aliphatic carbocycles. The Morgan fingerprint density at radius 1 is 0.378 bits per heavy atom. The van der Waals surface area contributed by atoms with Crippen LogP contribution in [0.25, 0.3) is 0 Å². The molecule has 0 heterocycles. The number of carbonyl (C=O) groups is 2. The molecule has 0 spiro atoms. The zero-order valence-corrected chi connectivity index (χ0v) is 49.6. The van der Waals surface area contributed by atoms with Gasteiger partial charge in [-0.2, -0.15) is 0 Å². The number of unbranched alkanes of at least 4 members (excludes halogenated alkanes) is 44. The van der Waals surface area contributed by atoms with E-state index in [9.17, 15) is 19.8 Å². The summed E-state index contributed by atoms with van der Waals surface area (Å²) >= 11 is 0. The fourth-order valence-electron chi connectivity index (χ4n) is 10.0. The summed E-state index contributed by atoms with van der Waals surface area (Å²) in [5.74, 6) is -0.0631. The first kappa shape index (κ1) is 71.8. The number of nitrogens with one attached hydrogen (secondary N) is 1. The van der Waals surface area contributed by atoms with E-state index in [-0.39, 0.29) is 18.5 Å². The van der Waals surface area contributed by atoms with Crippen LogP contribution in [0.3, 0.4) is 0 Å². The van der Waals surface area contributed by atoms with Gasteiger partial charge in [-0.3, -0.25) is 9.59 Å². The Morgan fingerprint density at radius 2 is 0.676 bits per heavy atom. The van der Waals surface area contributed by atoms with Gasteiger partial charge in [0.1, 0.15) is 0 Å². The summed E-state index contributed by atoms with van der Waals surface area (Å²) in [7, 11) is 0. The predicted molar refractivity (Wildman–Crippen MR) is 324 cm³/mol. The van der Waals surface area contributed by atoms with Crippen LogP contribution in [-0.2, 0) is 14.3 Å². The van der Waals surface area contributed by atoms with Crippen LogP contribution in [0.15, 0.2) is 48.6 Å². The van der Waals surface area contributed by atoms with E-state index in [1.165, 1.54) is 270 Å². The summed E-state index contributed by atoms with van der Waals surface area (Å²) in [5.41, 5.74) is 0. The van der Waals surface area contributed by atoms with Gasteiger partial charge >= 0.3 is 5.97 Å². The van der Waals surface area contributed by atoms with Gasteiger partial charge < -0.3 is 20.3 Å². The molecule has 0 radical (unpaired) electrons. The van der Waals surface area contributed by atoms with E-state index in [2.05, 4.69) is 55.6 Å². The molecule has 1 amide bonds. The third kappa shape index (κ3) is 59.1. The number of carbonyl (C=O) groups excluding carboxylic acids is 2. The Bertz CT molecular complexity index is 1240. The molecule has 2 atom stereocenters. The van der Waals surface area contributed by atoms with Gasteiger partial charge in [0.2, 0.25) is 5.91 Å². The average Bonchev–Trinajstić information content (AvgIpc) is 3.40. The second kappa shape index (κ2) is 63.4. The van der Waals surface area contributed by atoms with Gasteiger partial charge in [-0.1, -0.05) is 294 Å². The van der Waals surface area contributed by atoms with Gasteiger partial charge in [-0.05, 0) is 89.9 Å². The topological polar surface area (TPSA) is 95.9 Å². The maximum atomic E-state index is 12.4. The van der Waals surface area contributed by atoms with Crippen molar-refractivity contribution in [2.45, 2.75) is 360 Å². The highest BCUT2D eigenvalue weighted by atomic mass is 16.5. The lowest BCUT2D eigenvalue weighted by Gasteiger charge is -2.20. The van der Waals surface area contributed by atoms with Crippen LogP contribution < -0.4 is 5.32 Å². The number of aliphatic hydroxyl groups excluding tert-OH is 2. The summed E-state index contributed by atoms with van der Waals surface area (Å²) in [4.78, 5) is 24.5. The van der Waals surface area contributed by atoms with Crippen LogP contribution in [0.5, 0.6) is 0 Å². The van der Waals surface area contributed by atoms with E-state index >= 15 is 0 Å². The number of amides is 1. The third-order valence-electron chi connectivity index (χ3n) is 15.1. The predicted octanol–water partition coefficient (Wildman–Crippen LogP) is 20.9. The first-order chi connectivity index (χ1) is 36.5. The van der Waals surface area contributed by atoms with E-state index in [1.54, 1.807) is 6.08 Å². The van der Waals surface area contributed by atoms with E-state index in [0.29, 0.717) is 19.4 Å². The minimum Gasteiger partial charge on any atom is -0.466 e. The van der Waals surface area contributed by atoms with Crippen molar-refractivity contribution in [3.8, 4) is 0 Å². The summed E-state index contributed by atoms with van der Waals surface area (Å²) in [6, 6.07) is -0.623. The first-order valence-electron chi connectivity index (χ1n) is 32.9. The summed E-state index contributed by atoms with van der Waals surface area (Å²) in [6.45, 7) is 4.86. The number of hydrogen-bond donors (Lipinski definition) is 3. The molecule has 0 aliphatic heterocycles. The van der Waals surface area contributed by atoms with Gasteiger partial charge in [0, 0.05) is 12.8 Å². The van der Waals surface area contributed by atoms with E-state index < -0.39 is 12.1 Å². The number of ether oxygens (including phenoxy) is 1. The standard InChI is InChI=1S/C68H127NO5/c1-3-5-7-9-11-13-14-15-35-39-42-46-50-54-58-62-68(73)74-63-59-55-51-47-43-40-37-34-32-30-28-26-24-22-20-18-16-17-19-21-23-25-27-29-31-33-36-38-41-45-49-53-57-61-67(72)69-65(64-70)66(71)60-56-52-48-44-12-10-8-6-4-2/h11,13,15,20,22,35,56,60,65-66,70-71H,3-10,12,14,16-19,21,23-34,36-55,57-59,61-64H2,1-2H3,(H,69,72)/b13-11-,22-20-,35-15-,60-56+. The van der Waals surface area contributed by atoms with E-state index in [1.807, 2.05) is 6.08 Å². The van der Waals surface area contributed by atoms with Gasteiger partial charge in [0.15, 0.2) is 0 Å². The number of rotatable bonds is 61. The normalized spacial score (nSPS) is 12.9. The molecule has 0 aliphatic rings. The molecule has 0 rings (SSSR count). The number of hydrogen-bond acceptors (Lipinski definition) is 5. The summed E-state index contributed by atoms with van der Waals surface area (Å²) in [6.07, 6.45) is 81.9. The van der Waals surface area contributed by atoms with Crippen molar-refractivity contribution in [2.24, 2.45) is 0 Å². The molecule has 0 aromatic carbocycles. The summed E-state index contributed by atoms with van der Waals surface area (Å²) in [5, 5.41) is 23.0. The number of aliphatic hydroxyl groups is 2. The third-order valence-corrected chi connectivity index (χ3v) is 15.1. The molecule has 0 saturated heterocycles. The lowest BCUT2D eigenvalue weighted by Crippen LogP contribution is -2.45. The number of allylic oxidation sites excluding steroid dienone is 7. The van der Waals surface area contributed by atoms with Crippen molar-refractivity contribution in [3.05, 3.63) is 48.6 Å². The van der Waals surface area contributed by atoms with Crippen LogP contribution in [0.4, 0.5) is 0 Å². The molecule has 3 N–H and O–H groups in total. The lowest BCUT2D eigenvalue weighted by molar-refractivity contribution is -0.143. The molecule has 0 saturated carbocycles. The molecule has 0 fully saturated rings. The zero-order chi connectivity index (χ0) is 53.6. The van der Waals surface area contributed by atoms with Crippen molar-refractivity contribution < 1.29 is 24.5 Å². The largest absolute Gasteiger partial charge is 0.466 e. The molecule has 0 aromatic heterocycles. The average molecular weight is 1040 g/mol. The Hall–Kier alpha value is -2.18. The second-order valence-electron chi connectivity index (χ2n) is 22.4. The lowest BCUT2D eigenvalue weighted by atomic mass is 10.0. The van der Waals surface area contributed by atoms with Crippen molar-refractivity contribution in [1.29, 1.82) is 0 Å². The van der Waals surface area contributed by atoms with E-state index in [0.717, 1.165) is 51.4 Å². The van der Waals surface area contributed by atoms with E-state index in [4.69, 9.17) is 4.74 Å². The van der Waals surface area contributed by atoms with Crippen LogP contribution in [0, 0.1) is 0 Å². The molecule has 6 nitrogen and oxygen atoms in total. The zero-order valence-electron chi connectivity index (χ0n) is 49.6. The fourth-order valence-corrected chi connectivity index (χ4v) is 10.0. The smallest absolute Gasteiger partial charge is 0.305 e. The molecular formula is C68H127NO5. The molecule has 74 heavy (non-hydrogen) atoms. The Kier molecular flexibility index (Phi) is 61.5. The maximum Gasteiger partial charge on any atom is 0.305 e.